The van der Waals surface area contributed by atoms with E-state index in [4.69, 9.17) is 14.6 Å². The van der Waals surface area contributed by atoms with Crippen LogP contribution in [0.2, 0.25) is 0 Å². The van der Waals surface area contributed by atoms with Crippen LogP contribution in [0.15, 0.2) is 47.4 Å². The highest BCUT2D eigenvalue weighted by atomic mass is 32.2. The van der Waals surface area contributed by atoms with Crippen LogP contribution in [-0.4, -0.2) is 57.8 Å². The van der Waals surface area contributed by atoms with Gasteiger partial charge < -0.3 is 14.4 Å². The first kappa shape index (κ1) is 28.6. The van der Waals surface area contributed by atoms with Crippen LogP contribution in [0.3, 0.4) is 0 Å². The largest absolute Gasteiger partial charge is 0.493 e. The molecule has 1 saturated carbocycles. The lowest BCUT2D eigenvalue weighted by Gasteiger charge is -2.29. The van der Waals surface area contributed by atoms with E-state index in [1.807, 2.05) is 39.8 Å². The van der Waals surface area contributed by atoms with Crippen molar-refractivity contribution in [2.45, 2.75) is 51.5 Å². The molecule has 1 aliphatic carbocycles. The first-order valence-corrected chi connectivity index (χ1v) is 14.2. The van der Waals surface area contributed by atoms with Gasteiger partial charge in [0.05, 0.1) is 31.2 Å². The zero-order valence-corrected chi connectivity index (χ0v) is 23.9. The SMILES string of the molecule is COc1ccc(CCN(C(=O)C2C(C)(C)C2(C)C)C2CC(=O)N(c3ccc(S(N)(=O)=O)cc3)C2=O)cc1OC. The van der Waals surface area contributed by atoms with Gasteiger partial charge >= 0.3 is 0 Å². The van der Waals surface area contributed by atoms with Crippen molar-refractivity contribution >= 4 is 33.4 Å². The van der Waals surface area contributed by atoms with Crippen molar-refractivity contribution in [3.63, 3.8) is 0 Å². The van der Waals surface area contributed by atoms with Gasteiger partial charge in [-0.1, -0.05) is 33.8 Å². The molecule has 0 aromatic heterocycles. The number of imide groups is 1. The van der Waals surface area contributed by atoms with Crippen LogP contribution in [0, 0.1) is 16.7 Å². The third kappa shape index (κ3) is 5.00. The summed E-state index contributed by atoms with van der Waals surface area (Å²) >= 11 is 0. The molecule has 0 bridgehead atoms. The molecule has 4 rings (SSSR count). The van der Waals surface area contributed by atoms with Gasteiger partial charge in [0.25, 0.3) is 5.91 Å². The van der Waals surface area contributed by atoms with Crippen LogP contribution in [0.25, 0.3) is 0 Å². The molecule has 10 nitrogen and oxygen atoms in total. The molecule has 2 aliphatic rings. The summed E-state index contributed by atoms with van der Waals surface area (Å²) in [6.07, 6.45) is 0.266. The van der Waals surface area contributed by atoms with Crippen molar-refractivity contribution in [3.05, 3.63) is 48.0 Å². The van der Waals surface area contributed by atoms with Gasteiger partial charge in [-0.25, -0.2) is 18.5 Å². The Kier molecular flexibility index (Phi) is 7.28. The quantitative estimate of drug-likeness (QED) is 0.468. The third-order valence-corrected chi connectivity index (χ3v) is 9.49. The standard InChI is InChI=1S/C28H35N3O7S/c1-27(2)24(28(27,3)4)26(34)30(14-13-17-7-12-21(37-5)22(15-17)38-6)20-16-23(32)31(25(20)33)18-8-10-19(11-9-18)39(29,35)36/h7-12,15,20,24H,13-14,16H2,1-6H3,(H2,29,35,36). The fourth-order valence-corrected chi connectivity index (χ4v) is 6.12. The predicted octanol–water partition coefficient (Wildman–Crippen LogP) is 2.74. The Labute approximate surface area is 229 Å². The molecule has 0 radical (unpaired) electrons. The molecule has 2 fully saturated rings. The zero-order valence-electron chi connectivity index (χ0n) is 23.1. The number of rotatable bonds is 9. The van der Waals surface area contributed by atoms with E-state index in [1.54, 1.807) is 20.3 Å². The lowest BCUT2D eigenvalue weighted by Crippen LogP contribution is -2.47. The van der Waals surface area contributed by atoms with Gasteiger partial charge in [-0.15, -0.1) is 0 Å². The molecule has 2 aromatic carbocycles. The van der Waals surface area contributed by atoms with Crippen LogP contribution < -0.4 is 19.5 Å². The Hall–Kier alpha value is -3.44. The number of carbonyl (C=O) groups excluding carboxylic acids is 3. The third-order valence-electron chi connectivity index (χ3n) is 8.56. The Morgan fingerprint density at radius 3 is 2.10 bits per heavy atom. The van der Waals surface area contributed by atoms with Gasteiger partial charge in [0.1, 0.15) is 6.04 Å². The predicted molar refractivity (Wildman–Crippen MR) is 145 cm³/mol. The van der Waals surface area contributed by atoms with Crippen molar-refractivity contribution in [1.29, 1.82) is 0 Å². The normalized spacial score (nSPS) is 20.2. The maximum Gasteiger partial charge on any atom is 0.257 e. The van der Waals surface area contributed by atoms with E-state index in [2.05, 4.69) is 0 Å². The maximum absolute atomic E-state index is 13.9. The number of amides is 3. The number of nitrogens with zero attached hydrogens (tertiary/aromatic N) is 2. The molecule has 11 heteroatoms. The lowest BCUT2D eigenvalue weighted by atomic mass is 10.0. The minimum Gasteiger partial charge on any atom is -0.493 e. The zero-order chi connectivity index (χ0) is 28.9. The minimum absolute atomic E-state index is 0.133. The first-order chi connectivity index (χ1) is 18.1. The average molecular weight is 558 g/mol. The van der Waals surface area contributed by atoms with E-state index in [-0.39, 0.29) is 46.2 Å². The van der Waals surface area contributed by atoms with Crippen molar-refractivity contribution in [2.24, 2.45) is 21.9 Å². The molecular formula is C28H35N3O7S. The van der Waals surface area contributed by atoms with Gasteiger partial charge in [0.2, 0.25) is 21.8 Å². The number of hydrogen-bond donors (Lipinski definition) is 1. The number of ether oxygens (including phenoxy) is 2. The summed E-state index contributed by atoms with van der Waals surface area (Å²) in [4.78, 5) is 43.1. The number of sulfonamides is 1. The van der Waals surface area contributed by atoms with Crippen molar-refractivity contribution < 1.29 is 32.3 Å². The van der Waals surface area contributed by atoms with E-state index in [0.717, 1.165) is 10.5 Å². The van der Waals surface area contributed by atoms with E-state index in [1.165, 1.54) is 29.2 Å². The van der Waals surface area contributed by atoms with Gasteiger partial charge in [-0.2, -0.15) is 0 Å². The molecule has 2 aromatic rings. The van der Waals surface area contributed by atoms with Crippen LogP contribution >= 0.6 is 0 Å². The van der Waals surface area contributed by atoms with Crippen molar-refractivity contribution in [1.82, 2.24) is 4.90 Å². The molecule has 210 valence electrons. The van der Waals surface area contributed by atoms with Crippen molar-refractivity contribution in [2.75, 3.05) is 25.7 Å². The van der Waals surface area contributed by atoms with Crippen LogP contribution in [0.1, 0.15) is 39.7 Å². The highest BCUT2D eigenvalue weighted by molar-refractivity contribution is 7.89. The molecule has 39 heavy (non-hydrogen) atoms. The summed E-state index contributed by atoms with van der Waals surface area (Å²) in [7, 11) is -0.839. The maximum atomic E-state index is 13.9. The highest BCUT2D eigenvalue weighted by Gasteiger charge is 2.69. The number of primary sulfonamides is 1. The number of benzene rings is 2. The van der Waals surface area contributed by atoms with E-state index < -0.39 is 27.9 Å². The molecular weight excluding hydrogens is 522 g/mol. The van der Waals surface area contributed by atoms with Crippen molar-refractivity contribution in [3.8, 4) is 11.5 Å². The fraction of sp³-hybridized carbons (Fsp3) is 0.464. The number of nitrogens with two attached hydrogens (primary N) is 1. The second kappa shape index (κ2) is 9.95. The topological polar surface area (TPSA) is 136 Å². The molecule has 1 heterocycles. The van der Waals surface area contributed by atoms with E-state index >= 15 is 0 Å². The lowest BCUT2D eigenvalue weighted by molar-refractivity contribution is -0.140. The molecule has 1 unspecified atom stereocenters. The summed E-state index contributed by atoms with van der Waals surface area (Å²) in [6.45, 7) is 8.34. The summed E-state index contributed by atoms with van der Waals surface area (Å²) in [5, 5.41) is 5.17. The van der Waals surface area contributed by atoms with Crippen LogP contribution in [-0.2, 0) is 30.8 Å². The summed E-state index contributed by atoms with van der Waals surface area (Å²) < 4.78 is 34.0. The second-order valence-corrected chi connectivity index (χ2v) is 12.7. The summed E-state index contributed by atoms with van der Waals surface area (Å²) in [5.41, 5.74) is 0.576. The highest BCUT2D eigenvalue weighted by Crippen LogP contribution is 2.69. The Morgan fingerprint density at radius 2 is 1.59 bits per heavy atom. The van der Waals surface area contributed by atoms with Gasteiger partial charge in [0.15, 0.2) is 11.5 Å². The van der Waals surface area contributed by atoms with E-state index in [9.17, 15) is 22.8 Å². The minimum atomic E-state index is -3.93. The van der Waals surface area contributed by atoms with Crippen LogP contribution in [0.5, 0.6) is 11.5 Å². The second-order valence-electron chi connectivity index (χ2n) is 11.2. The Morgan fingerprint density at radius 1 is 1.00 bits per heavy atom. The number of methoxy groups -OCH3 is 2. The average Bonchev–Trinajstić information content (AvgIpc) is 3.10. The van der Waals surface area contributed by atoms with Gasteiger partial charge in [0, 0.05) is 12.5 Å². The van der Waals surface area contributed by atoms with Gasteiger partial charge in [-0.3, -0.25) is 14.4 Å². The Bertz CT molecular complexity index is 1400. The number of hydrogen-bond acceptors (Lipinski definition) is 7. The Balaban J connectivity index is 1.63. The molecule has 3 amide bonds. The summed E-state index contributed by atoms with van der Waals surface area (Å²) in [6, 6.07) is 9.72. The fourth-order valence-electron chi connectivity index (χ4n) is 5.60. The molecule has 1 aliphatic heterocycles. The first-order valence-electron chi connectivity index (χ1n) is 12.7. The van der Waals surface area contributed by atoms with Gasteiger partial charge in [-0.05, 0) is 59.2 Å². The number of anilines is 1. The van der Waals surface area contributed by atoms with Crippen LogP contribution in [0.4, 0.5) is 5.69 Å². The molecule has 1 atom stereocenters. The van der Waals surface area contributed by atoms with E-state index in [0.29, 0.717) is 17.9 Å². The monoisotopic (exact) mass is 557 g/mol. The smallest absolute Gasteiger partial charge is 0.257 e. The molecule has 1 saturated heterocycles. The number of carbonyl (C=O) groups is 3. The summed E-state index contributed by atoms with van der Waals surface area (Å²) in [5.74, 6) is -0.328. The molecule has 0 spiro atoms. The molecule has 2 N–H and O–H groups in total.